The predicted octanol–water partition coefficient (Wildman–Crippen LogP) is 3.25. The van der Waals surface area contributed by atoms with E-state index < -0.39 is 11.9 Å². The predicted molar refractivity (Wildman–Crippen MR) is 81.0 cm³/mol. The molecule has 1 aromatic carbocycles. The molecule has 2 rings (SSSR count). The van der Waals surface area contributed by atoms with E-state index in [1.54, 1.807) is 13.0 Å². The summed E-state index contributed by atoms with van der Waals surface area (Å²) in [7, 11) is 0. The molecule has 2 aromatic rings. The average molecular weight is 285 g/mol. The van der Waals surface area contributed by atoms with Crippen LogP contribution in [0.2, 0.25) is 0 Å². The number of carbonyl (C=O) groups is 2. The third kappa shape index (κ3) is 3.27. The molecule has 1 unspecified atom stereocenters. The summed E-state index contributed by atoms with van der Waals surface area (Å²) in [5.74, 6) is -1.70. The van der Waals surface area contributed by atoms with Crippen molar-refractivity contribution in [1.82, 2.24) is 4.98 Å². The molecule has 110 valence electrons. The van der Waals surface area contributed by atoms with Gasteiger partial charge in [0.1, 0.15) is 11.6 Å². The van der Waals surface area contributed by atoms with Gasteiger partial charge in [0.25, 0.3) is 0 Å². The van der Waals surface area contributed by atoms with Crippen LogP contribution in [0.3, 0.4) is 0 Å². The number of rotatable bonds is 5. The average Bonchev–Trinajstić information content (AvgIpc) is 2.46. The van der Waals surface area contributed by atoms with E-state index in [4.69, 9.17) is 4.74 Å². The highest BCUT2D eigenvalue weighted by atomic mass is 16.5. The van der Waals surface area contributed by atoms with E-state index >= 15 is 0 Å². The number of hydrogen-bond acceptors (Lipinski definition) is 4. The molecular weight excluding hydrogens is 266 g/mol. The normalized spacial score (nSPS) is 12.4. The summed E-state index contributed by atoms with van der Waals surface area (Å²) >= 11 is 0. The van der Waals surface area contributed by atoms with Gasteiger partial charge in [-0.3, -0.25) is 9.59 Å². The number of esters is 1. The van der Waals surface area contributed by atoms with Crippen molar-refractivity contribution in [2.45, 2.75) is 20.8 Å². The second-order valence-corrected chi connectivity index (χ2v) is 5.23. The molecule has 4 heteroatoms. The Kier molecular flexibility index (Phi) is 4.68. The topological polar surface area (TPSA) is 56.3 Å². The lowest BCUT2D eigenvalue weighted by Crippen LogP contribution is -2.31. The molecule has 0 aliphatic heterocycles. The van der Waals surface area contributed by atoms with Gasteiger partial charge in [0.15, 0.2) is 5.78 Å². The summed E-state index contributed by atoms with van der Waals surface area (Å²) in [5, 5.41) is 0.964. The maximum absolute atomic E-state index is 12.6. The largest absolute Gasteiger partial charge is 0.465 e. The zero-order valence-electron chi connectivity index (χ0n) is 12.5. The van der Waals surface area contributed by atoms with Crippen LogP contribution in [0.1, 0.15) is 31.3 Å². The van der Waals surface area contributed by atoms with Crippen molar-refractivity contribution in [1.29, 1.82) is 0 Å². The zero-order chi connectivity index (χ0) is 15.4. The fourth-order valence-electron chi connectivity index (χ4n) is 2.28. The minimum atomic E-state index is -0.807. The van der Waals surface area contributed by atoms with Crippen LogP contribution in [-0.2, 0) is 9.53 Å². The number of nitrogens with zero attached hydrogens (tertiary/aromatic N) is 1. The molecule has 0 aliphatic carbocycles. The van der Waals surface area contributed by atoms with Crippen LogP contribution < -0.4 is 0 Å². The molecule has 1 heterocycles. The summed E-state index contributed by atoms with van der Waals surface area (Å²) in [6, 6.07) is 11.1. The molecule has 1 aromatic heterocycles. The quantitative estimate of drug-likeness (QED) is 0.480. The number of fused-ring (bicyclic) bond motifs is 1. The van der Waals surface area contributed by atoms with Crippen LogP contribution in [0.25, 0.3) is 10.9 Å². The zero-order valence-corrected chi connectivity index (χ0v) is 12.5. The highest BCUT2D eigenvalue weighted by Crippen LogP contribution is 2.20. The Morgan fingerprint density at radius 3 is 2.52 bits per heavy atom. The van der Waals surface area contributed by atoms with Gasteiger partial charge in [-0.1, -0.05) is 38.1 Å². The van der Waals surface area contributed by atoms with Crippen LogP contribution >= 0.6 is 0 Å². The van der Waals surface area contributed by atoms with Crippen molar-refractivity contribution in [3.8, 4) is 0 Å². The Morgan fingerprint density at radius 1 is 1.14 bits per heavy atom. The number of ether oxygens (including phenoxy) is 1. The van der Waals surface area contributed by atoms with E-state index in [0.29, 0.717) is 5.69 Å². The second-order valence-electron chi connectivity index (χ2n) is 5.23. The van der Waals surface area contributed by atoms with Gasteiger partial charge in [0.05, 0.1) is 12.1 Å². The van der Waals surface area contributed by atoms with Gasteiger partial charge < -0.3 is 4.74 Å². The molecule has 0 radical (unpaired) electrons. The summed E-state index contributed by atoms with van der Waals surface area (Å²) < 4.78 is 5.01. The van der Waals surface area contributed by atoms with Crippen molar-refractivity contribution in [2.75, 3.05) is 6.61 Å². The number of aromatic nitrogens is 1. The highest BCUT2D eigenvalue weighted by Gasteiger charge is 2.32. The number of carbonyl (C=O) groups excluding carboxylic acids is 2. The number of pyridine rings is 1. The standard InChI is InChI=1S/C17H19NO3/c1-4-21-17(20)15(11(2)3)16(19)14-10-9-12-7-5-6-8-13(12)18-14/h5-11,15H,4H2,1-3H3. The van der Waals surface area contributed by atoms with Gasteiger partial charge >= 0.3 is 5.97 Å². The minimum absolute atomic E-state index is 0.134. The number of ketones is 1. The number of Topliss-reactive ketones (excluding diaryl/α,β-unsaturated/α-hetero) is 1. The van der Waals surface area contributed by atoms with Crippen LogP contribution in [0, 0.1) is 11.8 Å². The lowest BCUT2D eigenvalue weighted by molar-refractivity contribution is -0.147. The molecule has 0 fully saturated rings. The maximum atomic E-state index is 12.6. The van der Waals surface area contributed by atoms with Gasteiger partial charge in [-0.2, -0.15) is 0 Å². The first-order valence-electron chi connectivity index (χ1n) is 7.11. The Bertz CT molecular complexity index is 664. The number of benzene rings is 1. The van der Waals surface area contributed by atoms with Gasteiger partial charge in [0.2, 0.25) is 0 Å². The molecule has 4 nitrogen and oxygen atoms in total. The van der Waals surface area contributed by atoms with Crippen LogP contribution in [0.5, 0.6) is 0 Å². The van der Waals surface area contributed by atoms with Crippen LogP contribution in [0.4, 0.5) is 0 Å². The van der Waals surface area contributed by atoms with Gasteiger partial charge in [-0.05, 0) is 25.0 Å². The molecule has 0 N–H and O–H groups in total. The smallest absolute Gasteiger partial charge is 0.317 e. The van der Waals surface area contributed by atoms with Gasteiger partial charge in [-0.15, -0.1) is 0 Å². The molecule has 1 atom stereocenters. The van der Waals surface area contributed by atoms with Crippen molar-refractivity contribution in [3.63, 3.8) is 0 Å². The lowest BCUT2D eigenvalue weighted by Gasteiger charge is -2.17. The third-order valence-electron chi connectivity index (χ3n) is 3.34. The number of hydrogen-bond donors (Lipinski definition) is 0. The fraction of sp³-hybridized carbons (Fsp3) is 0.353. The Balaban J connectivity index is 2.36. The van der Waals surface area contributed by atoms with Gasteiger partial charge in [-0.25, -0.2) is 4.98 Å². The Labute approximate surface area is 124 Å². The van der Waals surface area contributed by atoms with Crippen molar-refractivity contribution in [3.05, 3.63) is 42.1 Å². The maximum Gasteiger partial charge on any atom is 0.317 e. The monoisotopic (exact) mass is 285 g/mol. The van der Waals surface area contributed by atoms with Crippen LogP contribution in [-0.4, -0.2) is 23.3 Å². The fourth-order valence-corrected chi connectivity index (χ4v) is 2.28. The second kappa shape index (κ2) is 6.48. The molecule has 21 heavy (non-hydrogen) atoms. The highest BCUT2D eigenvalue weighted by molar-refractivity contribution is 6.08. The summed E-state index contributed by atoms with van der Waals surface area (Å²) in [4.78, 5) is 28.9. The van der Waals surface area contributed by atoms with Crippen molar-refractivity contribution < 1.29 is 14.3 Å². The molecule has 0 bridgehead atoms. The van der Waals surface area contributed by atoms with Crippen molar-refractivity contribution >= 4 is 22.7 Å². The molecule has 0 spiro atoms. The Hall–Kier alpha value is -2.23. The lowest BCUT2D eigenvalue weighted by atomic mass is 9.89. The molecule has 0 saturated heterocycles. The number of para-hydroxylation sites is 1. The van der Waals surface area contributed by atoms with E-state index in [9.17, 15) is 9.59 Å². The first-order valence-corrected chi connectivity index (χ1v) is 7.11. The summed E-state index contributed by atoms with van der Waals surface area (Å²) in [6.45, 7) is 5.66. The summed E-state index contributed by atoms with van der Waals surface area (Å²) in [5.41, 5.74) is 1.05. The Morgan fingerprint density at radius 2 is 1.86 bits per heavy atom. The molecule has 0 saturated carbocycles. The van der Waals surface area contributed by atoms with E-state index in [-0.39, 0.29) is 18.3 Å². The SMILES string of the molecule is CCOC(=O)C(C(=O)c1ccc2ccccc2n1)C(C)C. The van der Waals surface area contributed by atoms with Crippen molar-refractivity contribution in [2.24, 2.45) is 11.8 Å². The molecule has 0 amide bonds. The van der Waals surface area contributed by atoms with E-state index in [2.05, 4.69) is 4.98 Å². The van der Waals surface area contributed by atoms with Gasteiger partial charge in [0, 0.05) is 5.39 Å². The third-order valence-corrected chi connectivity index (χ3v) is 3.34. The van der Waals surface area contributed by atoms with E-state index in [0.717, 1.165) is 10.9 Å². The first-order chi connectivity index (χ1) is 10.0. The molecular formula is C17H19NO3. The van der Waals surface area contributed by atoms with Crippen LogP contribution in [0.15, 0.2) is 36.4 Å². The minimum Gasteiger partial charge on any atom is -0.465 e. The van der Waals surface area contributed by atoms with E-state index in [1.165, 1.54) is 0 Å². The summed E-state index contributed by atoms with van der Waals surface area (Å²) in [6.07, 6.45) is 0. The molecule has 0 aliphatic rings. The van der Waals surface area contributed by atoms with E-state index in [1.807, 2.05) is 44.2 Å². The first kappa shape index (κ1) is 15.2.